The molecule has 0 bridgehead atoms. The number of benzene rings is 2. The molecule has 1 atom stereocenters. The second kappa shape index (κ2) is 9.45. The number of ether oxygens (including phenoxy) is 4. The first-order valence-corrected chi connectivity index (χ1v) is 8.85. The number of anilines is 1. The van der Waals surface area contributed by atoms with Crippen molar-refractivity contribution in [1.82, 2.24) is 0 Å². The van der Waals surface area contributed by atoms with Crippen LogP contribution in [0.15, 0.2) is 66.6 Å². The van der Waals surface area contributed by atoms with E-state index >= 15 is 0 Å². The van der Waals surface area contributed by atoms with Gasteiger partial charge in [0.05, 0.1) is 0 Å². The Labute approximate surface area is 162 Å². The maximum absolute atomic E-state index is 12.2. The van der Waals surface area contributed by atoms with Gasteiger partial charge in [-0.3, -0.25) is 4.79 Å². The van der Waals surface area contributed by atoms with Gasteiger partial charge in [0.15, 0.2) is 6.10 Å². The summed E-state index contributed by atoms with van der Waals surface area (Å²) in [5.74, 6) is -0.566. The number of carbonyl (C=O) groups is 2. The molecule has 0 spiro atoms. The first kappa shape index (κ1) is 19.3. The van der Waals surface area contributed by atoms with Gasteiger partial charge in [-0.2, -0.15) is 0 Å². The van der Waals surface area contributed by atoms with Gasteiger partial charge in [0.2, 0.25) is 5.76 Å². The minimum atomic E-state index is -0.993. The summed E-state index contributed by atoms with van der Waals surface area (Å²) in [5, 5.41) is 2.69. The minimum absolute atomic E-state index is 0.0502. The molecule has 1 heterocycles. The van der Waals surface area contributed by atoms with E-state index < -0.39 is 18.0 Å². The van der Waals surface area contributed by atoms with Gasteiger partial charge in [-0.25, -0.2) is 4.79 Å². The number of hydrogen-bond donors (Lipinski definition) is 1. The monoisotopic (exact) mass is 383 g/mol. The highest BCUT2D eigenvalue weighted by molar-refractivity contribution is 5.96. The molecule has 146 valence electrons. The molecule has 0 saturated carbocycles. The molecule has 1 N–H and O–H groups in total. The van der Waals surface area contributed by atoms with Crippen molar-refractivity contribution in [1.29, 1.82) is 0 Å². The zero-order valence-corrected chi connectivity index (χ0v) is 15.4. The predicted octanol–water partition coefficient (Wildman–Crippen LogP) is 3.02. The maximum atomic E-state index is 12.2. The van der Waals surface area contributed by atoms with Crippen molar-refractivity contribution in [2.45, 2.75) is 19.6 Å². The van der Waals surface area contributed by atoms with Crippen molar-refractivity contribution in [3.05, 3.63) is 72.2 Å². The van der Waals surface area contributed by atoms with E-state index in [4.69, 9.17) is 18.9 Å². The van der Waals surface area contributed by atoms with Gasteiger partial charge >= 0.3 is 5.97 Å². The van der Waals surface area contributed by atoms with Crippen LogP contribution in [0.25, 0.3) is 0 Å². The van der Waals surface area contributed by atoms with Gasteiger partial charge < -0.3 is 24.3 Å². The van der Waals surface area contributed by atoms with Crippen LogP contribution in [0.3, 0.4) is 0 Å². The van der Waals surface area contributed by atoms with Crippen molar-refractivity contribution < 1.29 is 28.5 Å². The molecule has 28 heavy (non-hydrogen) atoms. The smallest absolute Gasteiger partial charge is 0.377 e. The lowest BCUT2D eigenvalue weighted by Gasteiger charge is -2.17. The van der Waals surface area contributed by atoms with Crippen molar-refractivity contribution in [3.63, 3.8) is 0 Å². The third-order valence-electron chi connectivity index (χ3n) is 3.87. The number of carbonyl (C=O) groups excluding carboxylic acids is 2. The van der Waals surface area contributed by atoms with Gasteiger partial charge in [-0.05, 0) is 36.8 Å². The van der Waals surface area contributed by atoms with Gasteiger partial charge in [0.1, 0.15) is 31.8 Å². The lowest BCUT2D eigenvalue weighted by molar-refractivity contribution is -0.153. The summed E-state index contributed by atoms with van der Waals surface area (Å²) in [6.07, 6.45) is 0.192. The second-order valence-electron chi connectivity index (χ2n) is 6.04. The summed E-state index contributed by atoms with van der Waals surface area (Å²) in [7, 11) is 0. The first-order chi connectivity index (χ1) is 13.6. The summed E-state index contributed by atoms with van der Waals surface area (Å²) < 4.78 is 20.9. The highest BCUT2D eigenvalue weighted by Gasteiger charge is 2.23. The molecule has 1 aliphatic heterocycles. The number of esters is 1. The van der Waals surface area contributed by atoms with Crippen molar-refractivity contribution in [2.24, 2.45) is 0 Å². The molecule has 0 fully saturated rings. The van der Waals surface area contributed by atoms with Crippen LogP contribution < -0.4 is 10.1 Å². The molecule has 1 aliphatic rings. The maximum Gasteiger partial charge on any atom is 0.377 e. The lowest BCUT2D eigenvalue weighted by atomic mass is 10.2. The van der Waals surface area contributed by atoms with E-state index in [9.17, 15) is 9.59 Å². The third-order valence-corrected chi connectivity index (χ3v) is 3.87. The Morgan fingerprint density at radius 2 is 1.82 bits per heavy atom. The van der Waals surface area contributed by atoms with Crippen LogP contribution in [0.2, 0.25) is 0 Å². The fourth-order valence-corrected chi connectivity index (χ4v) is 2.37. The standard InChI is InChI=1S/C21H21NO6/c1-15(28-21(24)19-14-25-11-12-26-19)20(23)22-17-7-9-18(10-8-17)27-13-16-5-3-2-4-6-16/h2-10,14-15H,11-13H2,1H3,(H,22,23)/t15-/m1/s1. The molecule has 0 aliphatic carbocycles. The van der Waals surface area contributed by atoms with E-state index in [0.29, 0.717) is 24.7 Å². The largest absolute Gasteiger partial charge is 0.493 e. The quantitative estimate of drug-likeness (QED) is 0.740. The fourth-order valence-electron chi connectivity index (χ4n) is 2.37. The Morgan fingerprint density at radius 3 is 2.50 bits per heavy atom. The number of rotatable bonds is 7. The molecule has 0 radical (unpaired) electrons. The summed E-state index contributed by atoms with van der Waals surface area (Å²) in [4.78, 5) is 24.1. The number of amides is 1. The van der Waals surface area contributed by atoms with E-state index in [1.54, 1.807) is 24.3 Å². The Morgan fingerprint density at radius 1 is 1.07 bits per heavy atom. The molecule has 2 aromatic carbocycles. The molecule has 0 unspecified atom stereocenters. The van der Waals surface area contributed by atoms with Crippen LogP contribution in [0.4, 0.5) is 5.69 Å². The van der Waals surface area contributed by atoms with Crippen LogP contribution >= 0.6 is 0 Å². The normalized spacial score (nSPS) is 14.0. The molecule has 2 aromatic rings. The van der Waals surface area contributed by atoms with Crippen LogP contribution in [-0.4, -0.2) is 31.2 Å². The van der Waals surface area contributed by atoms with Gasteiger partial charge in [-0.15, -0.1) is 0 Å². The van der Waals surface area contributed by atoms with Crippen LogP contribution in [0, 0.1) is 0 Å². The lowest BCUT2D eigenvalue weighted by Crippen LogP contribution is -2.31. The summed E-state index contributed by atoms with van der Waals surface area (Å²) >= 11 is 0. The molecular formula is C21H21NO6. The molecule has 0 aromatic heterocycles. The molecule has 0 saturated heterocycles. The van der Waals surface area contributed by atoms with Gasteiger partial charge in [-0.1, -0.05) is 30.3 Å². The predicted molar refractivity (Wildman–Crippen MR) is 101 cm³/mol. The average molecular weight is 383 g/mol. The van der Waals surface area contributed by atoms with Crippen molar-refractivity contribution in [3.8, 4) is 5.75 Å². The SMILES string of the molecule is C[C@@H](OC(=O)C1=COCCO1)C(=O)Nc1ccc(OCc2ccccc2)cc1. The number of nitrogens with one attached hydrogen (secondary N) is 1. The van der Waals surface area contributed by atoms with Crippen molar-refractivity contribution in [2.75, 3.05) is 18.5 Å². The average Bonchev–Trinajstić information content (AvgIpc) is 2.74. The summed E-state index contributed by atoms with van der Waals surface area (Å²) in [6, 6.07) is 16.8. The Balaban J connectivity index is 1.48. The topological polar surface area (TPSA) is 83.1 Å². The number of hydrogen-bond acceptors (Lipinski definition) is 6. The van der Waals surface area contributed by atoms with E-state index in [2.05, 4.69) is 5.32 Å². The molecular weight excluding hydrogens is 362 g/mol. The highest BCUT2D eigenvalue weighted by atomic mass is 16.6. The Kier molecular flexibility index (Phi) is 6.51. The molecule has 1 amide bonds. The summed E-state index contributed by atoms with van der Waals surface area (Å²) in [6.45, 7) is 2.58. The highest BCUT2D eigenvalue weighted by Crippen LogP contribution is 2.18. The summed E-state index contributed by atoms with van der Waals surface area (Å²) in [5.41, 5.74) is 1.63. The van der Waals surface area contributed by atoms with Crippen LogP contribution in [0.1, 0.15) is 12.5 Å². The van der Waals surface area contributed by atoms with E-state index in [-0.39, 0.29) is 12.4 Å². The van der Waals surface area contributed by atoms with Crippen LogP contribution in [0.5, 0.6) is 5.75 Å². The fraction of sp³-hybridized carbons (Fsp3) is 0.238. The second-order valence-corrected chi connectivity index (χ2v) is 6.04. The van der Waals surface area contributed by atoms with E-state index in [0.717, 1.165) is 5.56 Å². The Hall–Kier alpha value is -3.48. The molecule has 7 heteroatoms. The van der Waals surface area contributed by atoms with Crippen molar-refractivity contribution >= 4 is 17.6 Å². The van der Waals surface area contributed by atoms with Gasteiger partial charge in [0, 0.05) is 5.69 Å². The zero-order valence-electron chi connectivity index (χ0n) is 15.4. The zero-order chi connectivity index (χ0) is 19.8. The molecule has 3 rings (SSSR count). The molecule has 7 nitrogen and oxygen atoms in total. The first-order valence-electron chi connectivity index (χ1n) is 8.85. The minimum Gasteiger partial charge on any atom is -0.493 e. The van der Waals surface area contributed by atoms with Crippen LogP contribution in [-0.2, 0) is 30.4 Å². The van der Waals surface area contributed by atoms with E-state index in [1.807, 2.05) is 30.3 Å². The third kappa shape index (κ3) is 5.51. The van der Waals surface area contributed by atoms with Gasteiger partial charge in [0.25, 0.3) is 5.91 Å². The van der Waals surface area contributed by atoms with E-state index in [1.165, 1.54) is 13.2 Å². The Bertz CT molecular complexity index is 832.